The SMILES string of the molecule is CCCCCCCCCCCCCCCCCCCCCCC(=O)O[C@H](COC(=O)CCCCCCCCCCCCCCCC(C)C)COP(=O)(O)OC[C@@H](O)COP(=O)(O)OC[C@@H](COC(=O)CCCCCCCCCCC(C)C)OC(=O)CCCCCCCCCCCCCCCC(C)C. The molecule has 17 nitrogen and oxygen atoms in total. The molecule has 19 heteroatoms. The molecule has 0 saturated heterocycles. The van der Waals surface area contributed by atoms with Crippen LogP contribution in [0.3, 0.4) is 0 Å². The van der Waals surface area contributed by atoms with Crippen molar-refractivity contribution in [1.82, 2.24) is 0 Å². The van der Waals surface area contributed by atoms with Crippen LogP contribution in [-0.4, -0.2) is 96.7 Å². The highest BCUT2D eigenvalue weighted by atomic mass is 31.2. The first-order valence-electron chi connectivity index (χ1n) is 43.3. The number of carbonyl (C=O) groups excluding carboxylic acids is 4. The maximum atomic E-state index is 13.1. The van der Waals surface area contributed by atoms with Crippen LogP contribution in [0.25, 0.3) is 0 Å². The van der Waals surface area contributed by atoms with Gasteiger partial charge in [-0.1, -0.05) is 389 Å². The van der Waals surface area contributed by atoms with E-state index in [1.165, 1.54) is 250 Å². The Hall–Kier alpha value is -1.94. The molecule has 5 atom stereocenters. The summed E-state index contributed by atoms with van der Waals surface area (Å²) in [6.45, 7) is 12.0. The molecule has 0 aromatic carbocycles. The normalized spacial score (nSPS) is 13.9. The first-order valence-corrected chi connectivity index (χ1v) is 46.3. The quantitative estimate of drug-likeness (QED) is 0.0222. The van der Waals surface area contributed by atoms with Crippen molar-refractivity contribution in [3.8, 4) is 0 Å². The van der Waals surface area contributed by atoms with E-state index < -0.39 is 97.5 Å². The summed E-state index contributed by atoms with van der Waals surface area (Å²) in [6, 6.07) is 0. The third-order valence-electron chi connectivity index (χ3n) is 19.6. The van der Waals surface area contributed by atoms with Crippen molar-refractivity contribution in [3.63, 3.8) is 0 Å². The highest BCUT2D eigenvalue weighted by molar-refractivity contribution is 7.47. The molecule has 0 aromatic heterocycles. The Bertz CT molecular complexity index is 1990. The van der Waals surface area contributed by atoms with E-state index in [9.17, 15) is 43.2 Å². The van der Waals surface area contributed by atoms with E-state index in [0.29, 0.717) is 25.7 Å². The number of esters is 4. The number of aliphatic hydroxyl groups excluding tert-OH is 1. The minimum absolute atomic E-state index is 0.107. The number of hydrogen-bond donors (Lipinski definition) is 3. The lowest BCUT2D eigenvalue weighted by Crippen LogP contribution is -2.30. The minimum Gasteiger partial charge on any atom is -0.462 e. The van der Waals surface area contributed by atoms with Gasteiger partial charge in [0.2, 0.25) is 0 Å². The lowest BCUT2D eigenvalue weighted by molar-refractivity contribution is -0.161. The van der Waals surface area contributed by atoms with E-state index in [4.69, 9.17) is 37.0 Å². The van der Waals surface area contributed by atoms with Crippen LogP contribution in [0.2, 0.25) is 0 Å². The van der Waals surface area contributed by atoms with Gasteiger partial charge in [0.05, 0.1) is 26.4 Å². The average Bonchev–Trinajstić information content (AvgIpc) is 0.916. The molecule has 0 aliphatic carbocycles. The summed E-state index contributed by atoms with van der Waals surface area (Å²) in [4.78, 5) is 73.2. The Morgan fingerprint density at radius 3 is 0.660 bits per heavy atom. The van der Waals surface area contributed by atoms with E-state index >= 15 is 0 Å². The monoisotopic (exact) mass is 1510 g/mol. The van der Waals surface area contributed by atoms with Gasteiger partial charge < -0.3 is 33.8 Å². The second-order valence-electron chi connectivity index (χ2n) is 31.6. The molecule has 0 radical (unpaired) electrons. The molecule has 612 valence electrons. The second kappa shape index (κ2) is 74.2. The van der Waals surface area contributed by atoms with Crippen molar-refractivity contribution in [1.29, 1.82) is 0 Å². The van der Waals surface area contributed by atoms with Crippen LogP contribution >= 0.6 is 15.6 Å². The largest absolute Gasteiger partial charge is 0.472 e. The molecular formula is C84H164O17P2. The topological polar surface area (TPSA) is 237 Å². The molecule has 0 amide bonds. The molecule has 3 N–H and O–H groups in total. The van der Waals surface area contributed by atoms with Crippen LogP contribution in [0.15, 0.2) is 0 Å². The lowest BCUT2D eigenvalue weighted by Gasteiger charge is -2.21. The van der Waals surface area contributed by atoms with Gasteiger partial charge in [0.15, 0.2) is 12.2 Å². The molecule has 0 aliphatic rings. The molecule has 0 rings (SSSR count). The van der Waals surface area contributed by atoms with Crippen molar-refractivity contribution in [2.45, 2.75) is 458 Å². The van der Waals surface area contributed by atoms with Gasteiger partial charge in [-0.2, -0.15) is 0 Å². The maximum absolute atomic E-state index is 13.1. The third kappa shape index (κ3) is 78.0. The molecule has 0 saturated carbocycles. The van der Waals surface area contributed by atoms with Gasteiger partial charge in [-0.3, -0.25) is 37.3 Å². The zero-order chi connectivity index (χ0) is 75.8. The number of aliphatic hydroxyl groups is 1. The fourth-order valence-corrected chi connectivity index (χ4v) is 14.6. The van der Waals surface area contributed by atoms with E-state index in [2.05, 4.69) is 48.5 Å². The van der Waals surface area contributed by atoms with Gasteiger partial charge in [0.1, 0.15) is 19.3 Å². The van der Waals surface area contributed by atoms with Crippen molar-refractivity contribution in [3.05, 3.63) is 0 Å². The summed E-state index contributed by atoms with van der Waals surface area (Å²) < 4.78 is 68.8. The third-order valence-corrected chi connectivity index (χ3v) is 21.5. The van der Waals surface area contributed by atoms with Gasteiger partial charge >= 0.3 is 39.5 Å². The summed E-state index contributed by atoms with van der Waals surface area (Å²) in [5.74, 6) is 0.196. The highest BCUT2D eigenvalue weighted by Gasteiger charge is 2.30. The highest BCUT2D eigenvalue weighted by Crippen LogP contribution is 2.45. The van der Waals surface area contributed by atoms with Crippen molar-refractivity contribution in [2.75, 3.05) is 39.6 Å². The summed E-state index contributed by atoms with van der Waals surface area (Å²) in [6.07, 6.45) is 63.9. The first-order chi connectivity index (χ1) is 49.7. The fraction of sp³-hybridized carbons (Fsp3) is 0.952. The Morgan fingerprint density at radius 1 is 0.262 bits per heavy atom. The maximum Gasteiger partial charge on any atom is 0.472 e. The lowest BCUT2D eigenvalue weighted by atomic mass is 10.0. The van der Waals surface area contributed by atoms with Crippen LogP contribution in [0.5, 0.6) is 0 Å². The van der Waals surface area contributed by atoms with Crippen molar-refractivity contribution < 1.29 is 80.2 Å². The Labute approximate surface area is 632 Å². The molecular weight excluding hydrogens is 1340 g/mol. The van der Waals surface area contributed by atoms with E-state index in [-0.39, 0.29) is 25.7 Å². The number of phosphoric acid groups is 2. The van der Waals surface area contributed by atoms with Gasteiger partial charge in [-0.25, -0.2) is 9.13 Å². The van der Waals surface area contributed by atoms with Gasteiger partial charge in [0.25, 0.3) is 0 Å². The number of phosphoric ester groups is 2. The van der Waals surface area contributed by atoms with E-state index in [1.54, 1.807) is 0 Å². The summed E-state index contributed by atoms with van der Waals surface area (Å²) >= 11 is 0. The summed E-state index contributed by atoms with van der Waals surface area (Å²) in [5, 5.41) is 10.7. The summed E-state index contributed by atoms with van der Waals surface area (Å²) in [7, 11) is -9.93. The average molecular weight is 1510 g/mol. The van der Waals surface area contributed by atoms with Crippen LogP contribution in [-0.2, 0) is 65.4 Å². The molecule has 0 aliphatic heterocycles. The van der Waals surface area contributed by atoms with Crippen LogP contribution in [0.1, 0.15) is 440 Å². The number of ether oxygens (including phenoxy) is 4. The van der Waals surface area contributed by atoms with Crippen LogP contribution in [0, 0.1) is 17.8 Å². The molecule has 0 fully saturated rings. The van der Waals surface area contributed by atoms with E-state index in [1.807, 2.05) is 0 Å². The molecule has 103 heavy (non-hydrogen) atoms. The Kier molecular flexibility index (Phi) is 72.8. The van der Waals surface area contributed by atoms with E-state index in [0.717, 1.165) is 108 Å². The zero-order valence-electron chi connectivity index (χ0n) is 67.8. The van der Waals surface area contributed by atoms with Gasteiger partial charge in [-0.15, -0.1) is 0 Å². The van der Waals surface area contributed by atoms with Crippen molar-refractivity contribution in [2.24, 2.45) is 17.8 Å². The Morgan fingerprint density at radius 2 is 0.447 bits per heavy atom. The second-order valence-corrected chi connectivity index (χ2v) is 34.6. The predicted molar refractivity (Wildman–Crippen MR) is 423 cm³/mol. The molecule has 0 heterocycles. The number of carbonyl (C=O) groups is 4. The number of unbranched alkanes of at least 4 members (excludes halogenated alkanes) is 50. The number of rotatable bonds is 82. The first kappa shape index (κ1) is 101. The smallest absolute Gasteiger partial charge is 0.462 e. The summed E-state index contributed by atoms with van der Waals surface area (Å²) in [5.41, 5.74) is 0. The standard InChI is InChI=1S/C84H164O17P2/c1-8-9-10-11-12-13-14-15-16-17-18-19-20-21-26-32-37-46-53-60-67-83(88)100-79(71-94-81(86)65-58-51-44-36-31-27-22-24-29-34-41-48-55-62-75(2)3)73-98-102(90,91)96-69-78(85)70-97-103(92,93)99-74-80(72-95-82(87)66-59-52-45-40-39-43-50-57-64-77(6)7)101-84(89)68-61-54-47-38-33-28-23-25-30-35-42-49-56-63-76(4)5/h75-80,85H,8-74H2,1-7H3,(H,90,91)(H,92,93)/t78-,79-,80-/m1/s1. The molecule has 0 spiro atoms. The predicted octanol–water partition coefficient (Wildman–Crippen LogP) is 25.3. The van der Waals surface area contributed by atoms with Crippen LogP contribution in [0.4, 0.5) is 0 Å². The minimum atomic E-state index is -4.96. The Balaban J connectivity index is 5.25. The molecule has 0 bridgehead atoms. The van der Waals surface area contributed by atoms with Gasteiger partial charge in [0, 0.05) is 25.7 Å². The molecule has 2 unspecified atom stereocenters. The van der Waals surface area contributed by atoms with Crippen LogP contribution < -0.4 is 0 Å². The zero-order valence-corrected chi connectivity index (χ0v) is 69.6. The van der Waals surface area contributed by atoms with Crippen molar-refractivity contribution >= 4 is 39.5 Å². The molecule has 0 aromatic rings. The fourth-order valence-electron chi connectivity index (χ4n) is 13.0. The number of hydrogen-bond acceptors (Lipinski definition) is 15. The van der Waals surface area contributed by atoms with Gasteiger partial charge in [-0.05, 0) is 43.4 Å².